The van der Waals surface area contributed by atoms with Gasteiger partial charge in [-0.05, 0) is 85.4 Å². The molecular weight excluding hydrogens is 540 g/mol. The van der Waals surface area contributed by atoms with Crippen molar-refractivity contribution >= 4 is 22.8 Å². The lowest BCUT2D eigenvalue weighted by molar-refractivity contribution is 0.0689. The lowest BCUT2D eigenvalue weighted by Gasteiger charge is -2.31. The number of carbonyl (C=O) groups excluding carboxylic acids is 1. The third-order valence-corrected chi connectivity index (χ3v) is 8.13. The second-order valence-corrected chi connectivity index (χ2v) is 10.9. The van der Waals surface area contributed by atoms with E-state index in [-0.39, 0.29) is 11.5 Å². The van der Waals surface area contributed by atoms with Gasteiger partial charge in [0.1, 0.15) is 23.7 Å². The fourth-order valence-corrected chi connectivity index (χ4v) is 5.85. The first-order valence-corrected chi connectivity index (χ1v) is 14.7. The number of para-hydroxylation sites is 2. The number of aromatic carboxylic acids is 1. The van der Waals surface area contributed by atoms with Gasteiger partial charge in [-0.2, -0.15) is 0 Å². The van der Waals surface area contributed by atoms with Gasteiger partial charge in [-0.1, -0.05) is 60.7 Å². The number of fused-ring (bicyclic) bond motifs is 1. The van der Waals surface area contributed by atoms with Crippen LogP contribution in [0.1, 0.15) is 50.6 Å². The molecule has 1 fully saturated rings. The molecule has 6 rings (SSSR count). The summed E-state index contributed by atoms with van der Waals surface area (Å²) in [6.45, 7) is 3.88. The molecule has 0 spiro atoms. The Hall–Kier alpha value is -4.88. The maximum atomic E-state index is 12.4. The molecule has 0 aliphatic carbocycles. The van der Waals surface area contributed by atoms with E-state index in [1.165, 1.54) is 16.5 Å². The minimum Gasteiger partial charge on any atom is -0.491 e. The van der Waals surface area contributed by atoms with Crippen LogP contribution in [0.25, 0.3) is 10.9 Å². The van der Waals surface area contributed by atoms with Crippen LogP contribution in [0.5, 0.6) is 11.5 Å². The lowest BCUT2D eigenvalue weighted by Crippen LogP contribution is -2.35. The molecule has 0 unspecified atom stereocenters. The SMILES string of the molecule is O=C(Oc1ccc(Cn2cc(C3CCN(CCOc4ccccc4C(=O)O)CC3)c3ccccc32)cc1)c1ccccc1. The Bertz CT molecular complexity index is 1700. The molecule has 1 aliphatic heterocycles. The average Bonchev–Trinajstić information content (AvgIpc) is 3.41. The highest BCUT2D eigenvalue weighted by Crippen LogP contribution is 2.35. The summed E-state index contributed by atoms with van der Waals surface area (Å²) in [5.74, 6) is 0.0729. The topological polar surface area (TPSA) is 81.0 Å². The molecule has 1 aliphatic rings. The summed E-state index contributed by atoms with van der Waals surface area (Å²) in [5.41, 5.74) is 4.45. The summed E-state index contributed by atoms with van der Waals surface area (Å²) in [5, 5.41) is 10.7. The fourth-order valence-electron chi connectivity index (χ4n) is 5.85. The monoisotopic (exact) mass is 574 g/mol. The van der Waals surface area contributed by atoms with Gasteiger partial charge in [-0.15, -0.1) is 0 Å². The Morgan fingerprint density at radius 3 is 2.28 bits per heavy atom. The molecule has 5 aromatic rings. The molecule has 0 amide bonds. The number of ether oxygens (including phenoxy) is 2. The first-order chi connectivity index (χ1) is 21.0. The number of carboxylic acid groups (broad SMARTS) is 1. The van der Waals surface area contributed by atoms with Gasteiger partial charge >= 0.3 is 11.9 Å². The highest BCUT2D eigenvalue weighted by atomic mass is 16.5. The summed E-state index contributed by atoms with van der Waals surface area (Å²) in [7, 11) is 0. The number of carbonyl (C=O) groups is 2. The molecule has 1 saturated heterocycles. The minimum atomic E-state index is -0.975. The van der Waals surface area contributed by atoms with Gasteiger partial charge in [0, 0.05) is 30.2 Å². The number of esters is 1. The van der Waals surface area contributed by atoms with Crippen LogP contribution < -0.4 is 9.47 Å². The van der Waals surface area contributed by atoms with Crippen LogP contribution in [0.4, 0.5) is 0 Å². The maximum absolute atomic E-state index is 12.4. The van der Waals surface area contributed by atoms with Crippen molar-refractivity contribution in [3.05, 3.63) is 132 Å². The van der Waals surface area contributed by atoms with Crippen molar-refractivity contribution in [3.8, 4) is 11.5 Å². The van der Waals surface area contributed by atoms with Gasteiger partial charge < -0.3 is 19.1 Å². The second-order valence-electron chi connectivity index (χ2n) is 10.9. The van der Waals surface area contributed by atoms with Crippen LogP contribution in [-0.2, 0) is 6.54 Å². The van der Waals surface area contributed by atoms with Gasteiger partial charge in [0.25, 0.3) is 0 Å². The predicted molar refractivity (Wildman–Crippen MR) is 166 cm³/mol. The summed E-state index contributed by atoms with van der Waals surface area (Å²) in [6.07, 6.45) is 4.42. The standard InChI is InChI=1S/C36H34N2O5/c39-35(40)31-11-5-7-13-34(31)42-23-22-37-20-18-27(19-21-37)32-25-38(33-12-6-4-10-30(32)33)24-26-14-16-29(17-15-26)43-36(41)28-8-2-1-3-9-28/h1-17,25,27H,18-24H2,(H,39,40). The van der Waals surface area contributed by atoms with Crippen molar-refractivity contribution < 1.29 is 24.2 Å². The molecule has 0 atom stereocenters. The highest BCUT2D eigenvalue weighted by Gasteiger charge is 2.24. The van der Waals surface area contributed by atoms with E-state index >= 15 is 0 Å². The molecule has 4 aromatic carbocycles. The van der Waals surface area contributed by atoms with E-state index < -0.39 is 5.97 Å². The van der Waals surface area contributed by atoms with E-state index in [2.05, 4.69) is 39.9 Å². The molecule has 7 nitrogen and oxygen atoms in total. The quantitative estimate of drug-likeness (QED) is 0.145. The molecule has 1 aromatic heterocycles. The number of rotatable bonds is 10. The zero-order valence-corrected chi connectivity index (χ0v) is 23.9. The van der Waals surface area contributed by atoms with Crippen LogP contribution in [-0.4, -0.2) is 52.8 Å². The lowest BCUT2D eigenvalue weighted by atomic mass is 9.89. The van der Waals surface area contributed by atoms with Crippen LogP contribution in [0.15, 0.2) is 109 Å². The molecule has 1 N–H and O–H groups in total. The predicted octanol–water partition coefficient (Wildman–Crippen LogP) is 6.87. The van der Waals surface area contributed by atoms with Gasteiger partial charge in [-0.25, -0.2) is 9.59 Å². The smallest absolute Gasteiger partial charge is 0.343 e. The van der Waals surface area contributed by atoms with Crippen LogP contribution >= 0.6 is 0 Å². The van der Waals surface area contributed by atoms with Crippen molar-refractivity contribution in [2.45, 2.75) is 25.3 Å². The summed E-state index contributed by atoms with van der Waals surface area (Å²) < 4.78 is 13.7. The Kier molecular flexibility index (Phi) is 8.52. The van der Waals surface area contributed by atoms with E-state index in [9.17, 15) is 14.7 Å². The summed E-state index contributed by atoms with van der Waals surface area (Å²) in [4.78, 5) is 26.2. The Balaban J connectivity index is 1.07. The van der Waals surface area contributed by atoms with Crippen molar-refractivity contribution in [1.29, 1.82) is 0 Å². The normalized spacial score (nSPS) is 14.0. The third-order valence-electron chi connectivity index (χ3n) is 8.13. The van der Waals surface area contributed by atoms with E-state index in [0.29, 0.717) is 29.6 Å². The summed E-state index contributed by atoms with van der Waals surface area (Å²) >= 11 is 0. The first kappa shape index (κ1) is 28.2. The fraction of sp³-hybridized carbons (Fsp3) is 0.222. The first-order valence-electron chi connectivity index (χ1n) is 14.7. The van der Waals surface area contributed by atoms with Crippen LogP contribution in [0.3, 0.4) is 0 Å². The van der Waals surface area contributed by atoms with Crippen molar-refractivity contribution in [2.75, 3.05) is 26.2 Å². The zero-order chi connectivity index (χ0) is 29.6. The van der Waals surface area contributed by atoms with E-state index in [0.717, 1.165) is 44.6 Å². The zero-order valence-electron chi connectivity index (χ0n) is 23.9. The molecular formula is C36H34N2O5. The number of likely N-dealkylation sites (tertiary alicyclic amines) is 1. The molecule has 0 radical (unpaired) electrons. The Morgan fingerprint density at radius 2 is 1.51 bits per heavy atom. The van der Waals surface area contributed by atoms with Crippen molar-refractivity contribution in [3.63, 3.8) is 0 Å². The van der Waals surface area contributed by atoms with Gasteiger partial charge in [0.2, 0.25) is 0 Å². The molecule has 7 heteroatoms. The number of hydrogen-bond acceptors (Lipinski definition) is 5. The third kappa shape index (κ3) is 6.63. The summed E-state index contributed by atoms with van der Waals surface area (Å²) in [6, 6.07) is 32.1. The maximum Gasteiger partial charge on any atom is 0.343 e. The van der Waals surface area contributed by atoms with Crippen LogP contribution in [0.2, 0.25) is 0 Å². The number of hydrogen-bond donors (Lipinski definition) is 1. The van der Waals surface area contributed by atoms with Crippen molar-refractivity contribution in [2.24, 2.45) is 0 Å². The second kappa shape index (κ2) is 13.0. The molecule has 2 heterocycles. The number of benzene rings is 4. The number of carboxylic acids is 1. The van der Waals surface area contributed by atoms with Gasteiger partial charge in [0.15, 0.2) is 0 Å². The molecule has 218 valence electrons. The van der Waals surface area contributed by atoms with Gasteiger partial charge in [-0.3, -0.25) is 4.90 Å². The largest absolute Gasteiger partial charge is 0.491 e. The van der Waals surface area contributed by atoms with Crippen LogP contribution in [0, 0.1) is 0 Å². The highest BCUT2D eigenvalue weighted by molar-refractivity contribution is 5.91. The molecule has 43 heavy (non-hydrogen) atoms. The number of nitrogens with zero attached hydrogens (tertiary/aromatic N) is 2. The molecule has 0 bridgehead atoms. The van der Waals surface area contributed by atoms with E-state index in [1.807, 2.05) is 42.5 Å². The van der Waals surface area contributed by atoms with E-state index in [4.69, 9.17) is 9.47 Å². The minimum absolute atomic E-state index is 0.194. The Labute approximate surface area is 250 Å². The molecule has 0 saturated carbocycles. The number of piperidine rings is 1. The van der Waals surface area contributed by atoms with Gasteiger partial charge in [0.05, 0.1) is 5.56 Å². The van der Waals surface area contributed by atoms with E-state index in [1.54, 1.807) is 36.4 Å². The van der Waals surface area contributed by atoms with Crippen molar-refractivity contribution in [1.82, 2.24) is 9.47 Å². The average molecular weight is 575 g/mol. The Morgan fingerprint density at radius 1 is 0.814 bits per heavy atom. The number of aromatic nitrogens is 1.